The van der Waals surface area contributed by atoms with Crippen LogP contribution in [0, 0.1) is 17.0 Å². The molecule has 2 aromatic heterocycles. The molecule has 0 fully saturated rings. The lowest BCUT2D eigenvalue weighted by atomic mass is 10.0. The van der Waals surface area contributed by atoms with Crippen molar-refractivity contribution in [1.29, 1.82) is 0 Å². The predicted molar refractivity (Wildman–Crippen MR) is 107 cm³/mol. The molecule has 0 aliphatic carbocycles. The number of nitrogens with one attached hydrogen (secondary N) is 1. The molecule has 0 bridgehead atoms. The molecular formula is C20H21N5O5. The van der Waals surface area contributed by atoms with Gasteiger partial charge in [0.25, 0.3) is 0 Å². The first-order valence-corrected chi connectivity index (χ1v) is 9.55. The molecule has 30 heavy (non-hydrogen) atoms. The highest BCUT2D eigenvalue weighted by Crippen LogP contribution is 2.29. The van der Waals surface area contributed by atoms with Crippen LogP contribution in [0.4, 0.5) is 5.82 Å². The van der Waals surface area contributed by atoms with E-state index in [9.17, 15) is 19.7 Å². The topological polar surface area (TPSA) is 123 Å². The van der Waals surface area contributed by atoms with Crippen molar-refractivity contribution in [2.45, 2.75) is 32.9 Å². The summed E-state index contributed by atoms with van der Waals surface area (Å²) >= 11 is 0. The highest BCUT2D eigenvalue weighted by atomic mass is 16.6. The molecule has 3 aromatic rings. The first kappa shape index (κ1) is 19.6. The zero-order chi connectivity index (χ0) is 21.4. The maximum Gasteiger partial charge on any atom is 0.381 e. The van der Waals surface area contributed by atoms with E-state index < -0.39 is 10.9 Å². The van der Waals surface area contributed by atoms with Gasteiger partial charge in [-0.3, -0.25) is 4.79 Å². The number of amides is 1. The van der Waals surface area contributed by atoms with Crippen molar-refractivity contribution < 1.29 is 19.2 Å². The Labute approximate surface area is 171 Å². The Morgan fingerprint density at radius 3 is 2.87 bits per heavy atom. The number of hydrogen-bond acceptors (Lipinski definition) is 6. The molecule has 156 valence electrons. The van der Waals surface area contributed by atoms with Crippen molar-refractivity contribution in [1.82, 2.24) is 19.4 Å². The van der Waals surface area contributed by atoms with Gasteiger partial charge < -0.3 is 29.3 Å². The second-order valence-corrected chi connectivity index (χ2v) is 7.25. The number of fused-ring (bicyclic) bond motifs is 3. The fourth-order valence-electron chi connectivity index (χ4n) is 3.85. The molecule has 1 N–H and O–H groups in total. The number of aromatic amines is 1. The minimum absolute atomic E-state index is 0.0325. The fourth-order valence-corrected chi connectivity index (χ4v) is 3.85. The van der Waals surface area contributed by atoms with E-state index in [0.717, 1.165) is 22.2 Å². The summed E-state index contributed by atoms with van der Waals surface area (Å²) in [7, 11) is 1.34. The maximum absolute atomic E-state index is 12.8. The molecule has 10 heteroatoms. The number of aryl methyl sites for hydroxylation is 2. The predicted octanol–water partition coefficient (Wildman–Crippen LogP) is 2.34. The molecule has 3 heterocycles. The third kappa shape index (κ3) is 3.51. The van der Waals surface area contributed by atoms with Crippen LogP contribution in [-0.4, -0.2) is 49.9 Å². The van der Waals surface area contributed by atoms with Crippen LogP contribution in [0.15, 0.2) is 24.4 Å². The minimum Gasteiger partial charge on any atom is -0.465 e. The van der Waals surface area contributed by atoms with Gasteiger partial charge in [-0.2, -0.15) is 0 Å². The number of H-pyrrole nitrogens is 1. The lowest BCUT2D eigenvalue weighted by Crippen LogP contribution is -2.36. The number of carbonyl (C=O) groups is 2. The zero-order valence-corrected chi connectivity index (χ0v) is 16.7. The van der Waals surface area contributed by atoms with E-state index in [2.05, 4.69) is 9.97 Å². The normalized spacial score (nSPS) is 13.3. The van der Waals surface area contributed by atoms with E-state index in [-0.39, 0.29) is 18.1 Å². The summed E-state index contributed by atoms with van der Waals surface area (Å²) in [6.45, 7) is 3.04. The monoisotopic (exact) mass is 411 g/mol. The molecule has 0 radical (unpaired) electrons. The van der Waals surface area contributed by atoms with Crippen molar-refractivity contribution in [3.8, 4) is 0 Å². The summed E-state index contributed by atoms with van der Waals surface area (Å²) in [5.74, 6) is -0.152. The van der Waals surface area contributed by atoms with Crippen molar-refractivity contribution in [2.75, 3.05) is 13.7 Å². The standard InChI is InChI=1S/C20H21N5O5/c1-12-21-18(25(28)29)11-23(12)8-6-19(26)24-7-5-17-15(10-24)14-9-13(20(27)30-2)3-4-16(14)22-17/h3-4,9,11,22H,5-8,10H2,1-2H3. The lowest BCUT2D eigenvalue weighted by molar-refractivity contribution is -0.389. The average Bonchev–Trinajstić information content (AvgIpc) is 3.30. The second kappa shape index (κ2) is 7.62. The Kier molecular flexibility index (Phi) is 4.98. The summed E-state index contributed by atoms with van der Waals surface area (Å²) in [5.41, 5.74) is 3.46. The van der Waals surface area contributed by atoms with Crippen molar-refractivity contribution >= 4 is 28.6 Å². The summed E-state index contributed by atoms with van der Waals surface area (Å²) in [4.78, 5) is 44.0. The Morgan fingerprint density at radius 1 is 1.37 bits per heavy atom. The summed E-state index contributed by atoms with van der Waals surface area (Å²) in [6, 6.07) is 5.35. The largest absolute Gasteiger partial charge is 0.465 e. The minimum atomic E-state index is -0.545. The van der Waals surface area contributed by atoms with Gasteiger partial charge in [-0.25, -0.2) is 4.79 Å². The van der Waals surface area contributed by atoms with Crippen molar-refractivity contribution in [3.05, 3.63) is 57.2 Å². The molecule has 0 atom stereocenters. The van der Waals surface area contributed by atoms with Gasteiger partial charge in [0.15, 0.2) is 0 Å². The molecule has 4 rings (SSSR count). The fraction of sp³-hybridized carbons (Fsp3) is 0.350. The average molecular weight is 411 g/mol. The van der Waals surface area contributed by atoms with Gasteiger partial charge in [-0.15, -0.1) is 0 Å². The van der Waals surface area contributed by atoms with E-state index in [0.29, 0.717) is 37.4 Å². The van der Waals surface area contributed by atoms with E-state index in [1.54, 1.807) is 28.5 Å². The Bertz CT molecular complexity index is 1160. The van der Waals surface area contributed by atoms with Gasteiger partial charge in [-0.05, 0) is 28.1 Å². The van der Waals surface area contributed by atoms with Crippen LogP contribution in [0.2, 0.25) is 0 Å². The molecular weight excluding hydrogens is 390 g/mol. The van der Waals surface area contributed by atoms with Gasteiger partial charge in [0, 0.05) is 61.6 Å². The smallest absolute Gasteiger partial charge is 0.381 e. The summed E-state index contributed by atoms with van der Waals surface area (Å²) < 4.78 is 6.43. The molecule has 0 unspecified atom stereocenters. The van der Waals surface area contributed by atoms with Crippen LogP contribution in [0.3, 0.4) is 0 Å². The van der Waals surface area contributed by atoms with E-state index >= 15 is 0 Å². The van der Waals surface area contributed by atoms with Crippen LogP contribution < -0.4 is 0 Å². The zero-order valence-electron chi connectivity index (χ0n) is 16.7. The van der Waals surface area contributed by atoms with E-state index in [1.807, 2.05) is 6.07 Å². The van der Waals surface area contributed by atoms with Crippen molar-refractivity contribution in [2.24, 2.45) is 0 Å². The van der Waals surface area contributed by atoms with Crippen LogP contribution in [0.1, 0.15) is 33.9 Å². The van der Waals surface area contributed by atoms with Crippen LogP contribution >= 0.6 is 0 Å². The SMILES string of the molecule is COC(=O)c1ccc2[nH]c3c(c2c1)CN(C(=O)CCn1cc([N+](=O)[O-])nc1C)CC3. The first-order valence-electron chi connectivity index (χ1n) is 9.55. The number of methoxy groups -OCH3 is 1. The number of nitrogens with zero attached hydrogens (tertiary/aromatic N) is 4. The third-order valence-corrected chi connectivity index (χ3v) is 5.47. The number of carbonyl (C=O) groups excluding carboxylic acids is 2. The Morgan fingerprint density at radius 2 is 2.17 bits per heavy atom. The number of ether oxygens (including phenoxy) is 1. The lowest BCUT2D eigenvalue weighted by Gasteiger charge is -2.27. The quantitative estimate of drug-likeness (QED) is 0.390. The summed E-state index contributed by atoms with van der Waals surface area (Å²) in [5, 5.41) is 11.8. The number of esters is 1. The molecule has 1 amide bonds. The molecule has 1 aromatic carbocycles. The first-order chi connectivity index (χ1) is 14.4. The number of hydrogen-bond donors (Lipinski definition) is 1. The van der Waals surface area contributed by atoms with Crippen LogP contribution in [-0.2, 0) is 29.0 Å². The highest BCUT2D eigenvalue weighted by Gasteiger charge is 2.25. The number of aromatic nitrogens is 3. The molecule has 0 spiro atoms. The molecule has 0 saturated heterocycles. The van der Waals surface area contributed by atoms with Gasteiger partial charge in [0.05, 0.1) is 12.7 Å². The number of nitro groups is 1. The van der Waals surface area contributed by atoms with Gasteiger partial charge in [-0.1, -0.05) is 0 Å². The molecule has 0 saturated carbocycles. The highest BCUT2D eigenvalue weighted by molar-refractivity contribution is 5.96. The molecule has 10 nitrogen and oxygen atoms in total. The van der Waals surface area contributed by atoms with Gasteiger partial charge in [0.1, 0.15) is 6.20 Å². The second-order valence-electron chi connectivity index (χ2n) is 7.25. The summed E-state index contributed by atoms with van der Waals surface area (Å²) in [6.07, 6.45) is 2.27. The van der Waals surface area contributed by atoms with E-state index in [1.165, 1.54) is 13.3 Å². The Hall–Kier alpha value is -3.69. The number of imidazole rings is 1. The molecule has 1 aliphatic rings. The van der Waals surface area contributed by atoms with Gasteiger partial charge >= 0.3 is 11.8 Å². The third-order valence-electron chi connectivity index (χ3n) is 5.47. The van der Waals surface area contributed by atoms with Crippen molar-refractivity contribution in [3.63, 3.8) is 0 Å². The molecule has 1 aliphatic heterocycles. The van der Waals surface area contributed by atoms with Gasteiger partial charge in [0.2, 0.25) is 11.7 Å². The van der Waals surface area contributed by atoms with Crippen LogP contribution in [0.25, 0.3) is 10.9 Å². The maximum atomic E-state index is 12.8. The Balaban J connectivity index is 1.49. The number of benzene rings is 1. The van der Waals surface area contributed by atoms with Crippen LogP contribution in [0.5, 0.6) is 0 Å². The van der Waals surface area contributed by atoms with E-state index in [4.69, 9.17) is 4.74 Å². The number of rotatable bonds is 5.